The molecule has 0 radical (unpaired) electrons. The molecule has 0 amide bonds. The molecule has 0 aliphatic carbocycles. The number of benzene rings is 2. The summed E-state index contributed by atoms with van der Waals surface area (Å²) in [6.07, 6.45) is 3.07. The summed E-state index contributed by atoms with van der Waals surface area (Å²) in [5.74, 6) is -0.126. The maximum atomic E-state index is 11.5. The zero-order valence-corrected chi connectivity index (χ0v) is 19.6. The summed E-state index contributed by atoms with van der Waals surface area (Å²) >= 11 is 0. The van der Waals surface area contributed by atoms with E-state index in [0.717, 1.165) is 12.7 Å². The number of ether oxygens (including phenoxy) is 1. The molecular formula is C25H34O4Si. The van der Waals surface area contributed by atoms with Crippen LogP contribution in [0.3, 0.4) is 0 Å². The summed E-state index contributed by atoms with van der Waals surface area (Å²) < 4.78 is 11.6. The molecule has 2 rings (SSSR count). The van der Waals surface area contributed by atoms with Crippen LogP contribution < -0.4 is 10.4 Å². The summed E-state index contributed by atoms with van der Waals surface area (Å²) in [4.78, 5) is 22.7. The highest BCUT2D eigenvalue weighted by Crippen LogP contribution is 2.37. The SMILES string of the molecule is COC(=O)CCC(CC=O)CCO[Si](c1ccccc1)(c1ccccc1)C(C)(C)C. The van der Waals surface area contributed by atoms with Gasteiger partial charge in [0.05, 0.1) is 7.11 Å². The van der Waals surface area contributed by atoms with Gasteiger partial charge in [0, 0.05) is 19.4 Å². The molecule has 0 saturated carbocycles. The zero-order valence-electron chi connectivity index (χ0n) is 18.6. The van der Waals surface area contributed by atoms with Gasteiger partial charge in [-0.2, -0.15) is 0 Å². The van der Waals surface area contributed by atoms with Crippen molar-refractivity contribution in [1.29, 1.82) is 0 Å². The minimum absolute atomic E-state index is 0.0815. The van der Waals surface area contributed by atoms with Gasteiger partial charge < -0.3 is 14.0 Å². The van der Waals surface area contributed by atoms with Crippen molar-refractivity contribution in [2.75, 3.05) is 13.7 Å². The van der Waals surface area contributed by atoms with Crippen molar-refractivity contribution in [3.63, 3.8) is 0 Å². The minimum atomic E-state index is -2.57. The van der Waals surface area contributed by atoms with Gasteiger partial charge >= 0.3 is 5.97 Å². The van der Waals surface area contributed by atoms with Gasteiger partial charge in [0.25, 0.3) is 8.32 Å². The molecule has 2 aromatic carbocycles. The second-order valence-corrected chi connectivity index (χ2v) is 13.0. The summed E-state index contributed by atoms with van der Waals surface area (Å²) in [6.45, 7) is 7.30. The summed E-state index contributed by atoms with van der Waals surface area (Å²) in [5.41, 5.74) is 0. The van der Waals surface area contributed by atoms with E-state index in [1.165, 1.54) is 17.5 Å². The molecule has 0 saturated heterocycles. The van der Waals surface area contributed by atoms with E-state index in [4.69, 9.17) is 9.16 Å². The van der Waals surface area contributed by atoms with E-state index < -0.39 is 8.32 Å². The predicted molar refractivity (Wildman–Crippen MR) is 124 cm³/mol. The smallest absolute Gasteiger partial charge is 0.305 e. The molecule has 0 aromatic heterocycles. The Morgan fingerprint density at radius 3 is 1.93 bits per heavy atom. The summed E-state index contributed by atoms with van der Waals surface area (Å²) in [6, 6.07) is 21.0. The van der Waals surface area contributed by atoms with Gasteiger partial charge in [-0.3, -0.25) is 4.79 Å². The number of esters is 1. The van der Waals surface area contributed by atoms with Gasteiger partial charge in [-0.05, 0) is 34.2 Å². The van der Waals surface area contributed by atoms with Gasteiger partial charge in [-0.25, -0.2) is 0 Å². The van der Waals surface area contributed by atoms with Crippen molar-refractivity contribution in [3.8, 4) is 0 Å². The molecule has 2 aromatic rings. The van der Waals surface area contributed by atoms with E-state index in [0.29, 0.717) is 25.9 Å². The molecular weight excluding hydrogens is 392 g/mol. The monoisotopic (exact) mass is 426 g/mol. The Balaban J connectivity index is 2.29. The lowest BCUT2D eigenvalue weighted by molar-refractivity contribution is -0.141. The number of rotatable bonds is 11. The van der Waals surface area contributed by atoms with Crippen molar-refractivity contribution in [1.82, 2.24) is 0 Å². The molecule has 0 N–H and O–H groups in total. The first-order chi connectivity index (χ1) is 14.3. The highest BCUT2D eigenvalue weighted by atomic mass is 28.4. The van der Waals surface area contributed by atoms with E-state index in [9.17, 15) is 9.59 Å². The average molecular weight is 427 g/mol. The van der Waals surface area contributed by atoms with Gasteiger partial charge in [0.1, 0.15) is 6.29 Å². The second kappa shape index (κ2) is 11.2. The second-order valence-electron chi connectivity index (χ2n) is 8.68. The van der Waals surface area contributed by atoms with Crippen LogP contribution in [-0.2, 0) is 18.8 Å². The van der Waals surface area contributed by atoms with E-state index in [-0.39, 0.29) is 16.9 Å². The van der Waals surface area contributed by atoms with Crippen LogP contribution in [0, 0.1) is 5.92 Å². The molecule has 162 valence electrons. The Labute approximate surface area is 181 Å². The number of hydrogen-bond donors (Lipinski definition) is 0. The Hall–Kier alpha value is -2.24. The minimum Gasteiger partial charge on any atom is -0.469 e. The molecule has 4 nitrogen and oxygen atoms in total. The van der Waals surface area contributed by atoms with Crippen LogP contribution in [0.4, 0.5) is 0 Å². The Bertz CT molecular complexity index is 744. The fourth-order valence-electron chi connectivity index (χ4n) is 4.08. The zero-order chi connectivity index (χ0) is 22.0. The molecule has 0 spiro atoms. The first-order valence-electron chi connectivity index (χ1n) is 10.6. The average Bonchev–Trinajstić information content (AvgIpc) is 2.75. The summed E-state index contributed by atoms with van der Waals surface area (Å²) in [5, 5.41) is 2.40. The van der Waals surface area contributed by atoms with Gasteiger partial charge in [0.15, 0.2) is 0 Å². The van der Waals surface area contributed by atoms with Crippen LogP contribution in [0.5, 0.6) is 0 Å². The van der Waals surface area contributed by atoms with Gasteiger partial charge in [-0.1, -0.05) is 81.4 Å². The van der Waals surface area contributed by atoms with Crippen LogP contribution in [-0.4, -0.2) is 34.3 Å². The maximum absolute atomic E-state index is 11.5. The van der Waals surface area contributed by atoms with E-state index in [1.807, 2.05) is 12.1 Å². The molecule has 1 unspecified atom stereocenters. The van der Waals surface area contributed by atoms with Crippen LogP contribution in [0.25, 0.3) is 0 Å². The van der Waals surface area contributed by atoms with Crippen LogP contribution in [0.1, 0.15) is 46.5 Å². The summed E-state index contributed by atoms with van der Waals surface area (Å²) in [7, 11) is -1.18. The normalized spacial score (nSPS) is 12.9. The predicted octanol–water partition coefficient (Wildman–Crippen LogP) is 4.11. The van der Waals surface area contributed by atoms with Crippen molar-refractivity contribution in [2.24, 2.45) is 5.92 Å². The van der Waals surface area contributed by atoms with Gasteiger partial charge in [-0.15, -0.1) is 0 Å². The Kier molecular flexibility index (Phi) is 9.00. The molecule has 0 fully saturated rings. The van der Waals surface area contributed by atoms with Crippen molar-refractivity contribution in [2.45, 2.75) is 51.5 Å². The number of aldehydes is 1. The molecule has 0 heterocycles. The quantitative estimate of drug-likeness (QED) is 0.308. The number of methoxy groups -OCH3 is 1. The molecule has 0 aliphatic rings. The fraction of sp³-hybridized carbons (Fsp3) is 0.440. The largest absolute Gasteiger partial charge is 0.469 e. The van der Waals surface area contributed by atoms with Crippen molar-refractivity contribution in [3.05, 3.63) is 60.7 Å². The van der Waals surface area contributed by atoms with E-state index in [2.05, 4.69) is 69.3 Å². The molecule has 0 bridgehead atoms. The Morgan fingerprint density at radius 1 is 0.967 bits per heavy atom. The fourth-order valence-corrected chi connectivity index (χ4v) is 8.66. The van der Waals surface area contributed by atoms with Crippen molar-refractivity contribution >= 4 is 30.9 Å². The van der Waals surface area contributed by atoms with Crippen LogP contribution in [0.2, 0.25) is 5.04 Å². The topological polar surface area (TPSA) is 52.6 Å². The molecule has 30 heavy (non-hydrogen) atoms. The first kappa shape index (κ1) is 24.0. The first-order valence-corrected chi connectivity index (χ1v) is 12.5. The standard InChI is InChI=1S/C25H34O4Si/c1-25(2,3)30(22-11-7-5-8-12-22,23-13-9-6-10-14-23)29-20-18-21(17-19-26)15-16-24(27)28-4/h5-14,19,21H,15-18,20H2,1-4H3. The van der Waals surface area contributed by atoms with E-state index in [1.54, 1.807) is 0 Å². The lowest BCUT2D eigenvalue weighted by atomic mass is 9.97. The molecule has 5 heteroatoms. The third-order valence-corrected chi connectivity index (χ3v) is 10.7. The lowest BCUT2D eigenvalue weighted by Gasteiger charge is -2.43. The van der Waals surface area contributed by atoms with Crippen LogP contribution in [0.15, 0.2) is 60.7 Å². The third kappa shape index (κ3) is 5.89. The lowest BCUT2D eigenvalue weighted by Crippen LogP contribution is -2.66. The highest BCUT2D eigenvalue weighted by molar-refractivity contribution is 6.99. The maximum Gasteiger partial charge on any atom is 0.305 e. The Morgan fingerprint density at radius 2 is 1.50 bits per heavy atom. The van der Waals surface area contributed by atoms with Gasteiger partial charge in [0.2, 0.25) is 0 Å². The number of hydrogen-bond acceptors (Lipinski definition) is 4. The molecule has 0 aliphatic heterocycles. The number of carbonyl (C=O) groups is 2. The highest BCUT2D eigenvalue weighted by Gasteiger charge is 2.50. The van der Waals surface area contributed by atoms with E-state index >= 15 is 0 Å². The third-order valence-electron chi connectivity index (χ3n) is 5.68. The molecule has 1 atom stereocenters. The number of carbonyl (C=O) groups excluding carboxylic acids is 2. The van der Waals surface area contributed by atoms with Crippen molar-refractivity contribution < 1.29 is 18.8 Å². The van der Waals surface area contributed by atoms with Crippen LogP contribution >= 0.6 is 0 Å².